The van der Waals surface area contributed by atoms with Crippen molar-refractivity contribution in [3.05, 3.63) is 44.0 Å². The van der Waals surface area contributed by atoms with Crippen LogP contribution in [0.1, 0.15) is 28.8 Å². The smallest absolute Gasteiger partial charge is 0.356 e. The lowest BCUT2D eigenvalue weighted by Gasteiger charge is -2.07. The van der Waals surface area contributed by atoms with Gasteiger partial charge in [0.1, 0.15) is 0 Å². The topological polar surface area (TPSA) is 90.0 Å². The summed E-state index contributed by atoms with van der Waals surface area (Å²) in [7, 11) is 0. The van der Waals surface area contributed by atoms with Gasteiger partial charge in [-0.25, -0.2) is 9.48 Å². The first-order valence-electron chi connectivity index (χ1n) is 5.97. The molecule has 20 heavy (non-hydrogen) atoms. The van der Waals surface area contributed by atoms with E-state index in [9.17, 15) is 9.59 Å². The number of carboxylic acid groups (broad SMARTS) is 1. The van der Waals surface area contributed by atoms with Crippen LogP contribution < -0.4 is 5.56 Å². The summed E-state index contributed by atoms with van der Waals surface area (Å²) in [5.41, 5.74) is 1.06. The molecule has 0 aliphatic carbocycles. The normalized spacial score (nSPS) is 10.8. The fraction of sp³-hybridized carbons (Fsp3) is 0.333. The van der Waals surface area contributed by atoms with Crippen molar-refractivity contribution in [3.63, 3.8) is 0 Å². The van der Waals surface area contributed by atoms with Crippen LogP contribution in [0.25, 0.3) is 0 Å². The molecular weight excluding hydrogens is 328 g/mol. The van der Waals surface area contributed by atoms with Crippen molar-refractivity contribution in [2.24, 2.45) is 0 Å². The summed E-state index contributed by atoms with van der Waals surface area (Å²) < 4.78 is 3.67. The van der Waals surface area contributed by atoms with Crippen molar-refractivity contribution < 1.29 is 9.90 Å². The Labute approximate surface area is 123 Å². The minimum Gasteiger partial charge on any atom is -0.476 e. The second kappa shape index (κ2) is 5.58. The maximum atomic E-state index is 11.8. The van der Waals surface area contributed by atoms with E-state index in [2.05, 4.69) is 26.1 Å². The standard InChI is InChI=1S/C12H13BrN4O3/c1-3-16-9(11(13)7(2)14-16)6-17-10(18)5-4-8(15-17)12(19)20/h4-5H,3,6H2,1-2H3,(H,19,20). The summed E-state index contributed by atoms with van der Waals surface area (Å²) in [5.74, 6) is -1.17. The van der Waals surface area contributed by atoms with Crippen molar-refractivity contribution in [2.45, 2.75) is 26.9 Å². The molecule has 2 aromatic rings. The molecule has 0 spiro atoms. The Hall–Kier alpha value is -1.96. The van der Waals surface area contributed by atoms with Crippen LogP contribution in [0.2, 0.25) is 0 Å². The Morgan fingerprint density at radius 2 is 2.05 bits per heavy atom. The van der Waals surface area contributed by atoms with Crippen LogP contribution in [0.4, 0.5) is 0 Å². The molecule has 7 nitrogen and oxygen atoms in total. The molecule has 2 rings (SSSR count). The largest absolute Gasteiger partial charge is 0.476 e. The van der Waals surface area contributed by atoms with E-state index in [0.717, 1.165) is 20.5 Å². The number of halogens is 1. The summed E-state index contributed by atoms with van der Waals surface area (Å²) in [6, 6.07) is 2.39. The van der Waals surface area contributed by atoms with E-state index in [1.54, 1.807) is 4.68 Å². The first kappa shape index (κ1) is 14.4. The molecule has 0 aliphatic heterocycles. The summed E-state index contributed by atoms with van der Waals surface area (Å²) in [6.45, 7) is 4.60. The molecule has 0 saturated carbocycles. The zero-order valence-corrected chi connectivity index (χ0v) is 12.6. The Morgan fingerprint density at radius 3 is 2.65 bits per heavy atom. The van der Waals surface area contributed by atoms with E-state index in [1.165, 1.54) is 12.1 Å². The quantitative estimate of drug-likeness (QED) is 0.905. The molecule has 0 aliphatic rings. The second-order valence-corrected chi connectivity index (χ2v) is 4.97. The molecule has 0 saturated heterocycles. The molecule has 0 bridgehead atoms. The van der Waals surface area contributed by atoms with Crippen molar-refractivity contribution in [1.82, 2.24) is 19.6 Å². The lowest BCUT2D eigenvalue weighted by molar-refractivity contribution is 0.0687. The predicted octanol–water partition coefficient (Wildman–Crippen LogP) is 1.28. The molecular formula is C12H13BrN4O3. The Morgan fingerprint density at radius 1 is 1.35 bits per heavy atom. The maximum Gasteiger partial charge on any atom is 0.356 e. The molecule has 0 unspecified atom stereocenters. The van der Waals surface area contributed by atoms with Gasteiger partial charge in [-0.2, -0.15) is 10.2 Å². The monoisotopic (exact) mass is 340 g/mol. The van der Waals surface area contributed by atoms with E-state index in [-0.39, 0.29) is 17.8 Å². The minimum absolute atomic E-state index is 0.162. The number of hydrogen-bond acceptors (Lipinski definition) is 4. The lowest BCUT2D eigenvalue weighted by atomic mass is 10.3. The van der Waals surface area contributed by atoms with Gasteiger partial charge in [-0.3, -0.25) is 9.48 Å². The molecule has 1 N–H and O–H groups in total. The van der Waals surface area contributed by atoms with Crippen LogP contribution in [0, 0.1) is 6.92 Å². The first-order valence-corrected chi connectivity index (χ1v) is 6.76. The first-order chi connectivity index (χ1) is 9.43. The predicted molar refractivity (Wildman–Crippen MR) is 74.9 cm³/mol. The average molecular weight is 341 g/mol. The molecule has 0 radical (unpaired) electrons. The number of carbonyl (C=O) groups is 1. The summed E-state index contributed by atoms with van der Waals surface area (Å²) in [5, 5.41) is 17.1. The molecule has 0 fully saturated rings. The Kier molecular flexibility index (Phi) is 4.03. The zero-order chi connectivity index (χ0) is 14.9. The van der Waals surface area contributed by atoms with E-state index >= 15 is 0 Å². The summed E-state index contributed by atoms with van der Waals surface area (Å²) in [6.07, 6.45) is 0. The van der Waals surface area contributed by atoms with Crippen LogP contribution in [0.3, 0.4) is 0 Å². The van der Waals surface area contributed by atoms with Gasteiger partial charge in [0, 0.05) is 12.6 Å². The summed E-state index contributed by atoms with van der Waals surface area (Å²) in [4.78, 5) is 22.7. The van der Waals surface area contributed by atoms with Gasteiger partial charge in [0.2, 0.25) is 0 Å². The highest BCUT2D eigenvalue weighted by atomic mass is 79.9. The van der Waals surface area contributed by atoms with Gasteiger partial charge in [0.05, 0.1) is 22.4 Å². The van der Waals surface area contributed by atoms with Gasteiger partial charge in [-0.1, -0.05) is 0 Å². The molecule has 2 heterocycles. The highest BCUT2D eigenvalue weighted by Gasteiger charge is 2.15. The van der Waals surface area contributed by atoms with E-state index in [4.69, 9.17) is 5.11 Å². The van der Waals surface area contributed by atoms with Crippen LogP contribution in [-0.4, -0.2) is 30.6 Å². The molecule has 106 valence electrons. The number of hydrogen-bond donors (Lipinski definition) is 1. The Balaban J connectivity index is 2.47. The third kappa shape index (κ3) is 2.64. The molecule has 8 heteroatoms. The zero-order valence-electron chi connectivity index (χ0n) is 11.0. The van der Waals surface area contributed by atoms with Crippen LogP contribution in [0.5, 0.6) is 0 Å². The van der Waals surface area contributed by atoms with Crippen LogP contribution >= 0.6 is 15.9 Å². The van der Waals surface area contributed by atoms with E-state index in [0.29, 0.717) is 6.54 Å². The number of aryl methyl sites for hydroxylation is 2. The van der Waals surface area contributed by atoms with Crippen molar-refractivity contribution in [3.8, 4) is 0 Å². The van der Waals surface area contributed by atoms with Gasteiger partial charge in [0.15, 0.2) is 5.69 Å². The number of carboxylic acids is 1. The van der Waals surface area contributed by atoms with Crippen molar-refractivity contribution >= 4 is 21.9 Å². The lowest BCUT2D eigenvalue weighted by Crippen LogP contribution is -2.26. The summed E-state index contributed by atoms with van der Waals surface area (Å²) >= 11 is 3.43. The van der Waals surface area contributed by atoms with E-state index < -0.39 is 5.97 Å². The molecule has 0 atom stereocenters. The van der Waals surface area contributed by atoms with Gasteiger partial charge < -0.3 is 5.11 Å². The minimum atomic E-state index is -1.17. The van der Waals surface area contributed by atoms with Gasteiger partial charge in [0.25, 0.3) is 5.56 Å². The Bertz CT molecular complexity index is 720. The third-order valence-electron chi connectivity index (χ3n) is 2.84. The fourth-order valence-electron chi connectivity index (χ4n) is 1.84. The van der Waals surface area contributed by atoms with Crippen LogP contribution in [-0.2, 0) is 13.1 Å². The van der Waals surface area contributed by atoms with Crippen molar-refractivity contribution in [2.75, 3.05) is 0 Å². The molecule has 0 amide bonds. The number of aromatic carboxylic acids is 1. The second-order valence-electron chi connectivity index (χ2n) is 4.18. The van der Waals surface area contributed by atoms with Gasteiger partial charge in [-0.15, -0.1) is 0 Å². The number of nitrogens with zero attached hydrogens (tertiary/aromatic N) is 4. The number of rotatable bonds is 4. The molecule has 2 aromatic heterocycles. The average Bonchev–Trinajstić information content (AvgIpc) is 2.68. The highest BCUT2D eigenvalue weighted by molar-refractivity contribution is 9.10. The van der Waals surface area contributed by atoms with Crippen LogP contribution in [0.15, 0.2) is 21.4 Å². The molecule has 0 aromatic carbocycles. The van der Waals surface area contributed by atoms with Gasteiger partial charge in [-0.05, 0) is 35.8 Å². The van der Waals surface area contributed by atoms with Crippen molar-refractivity contribution in [1.29, 1.82) is 0 Å². The third-order valence-corrected chi connectivity index (χ3v) is 3.87. The van der Waals surface area contributed by atoms with E-state index in [1.807, 2.05) is 13.8 Å². The number of aromatic nitrogens is 4. The maximum absolute atomic E-state index is 11.8. The fourth-order valence-corrected chi connectivity index (χ4v) is 2.25. The SMILES string of the molecule is CCn1nc(C)c(Br)c1Cn1nc(C(=O)O)ccc1=O. The van der Waals surface area contributed by atoms with Gasteiger partial charge >= 0.3 is 5.97 Å². The highest BCUT2D eigenvalue weighted by Crippen LogP contribution is 2.21.